The van der Waals surface area contributed by atoms with Gasteiger partial charge in [-0.3, -0.25) is 14.5 Å². The predicted octanol–water partition coefficient (Wildman–Crippen LogP) is 2.81. The zero-order chi connectivity index (χ0) is 20.7. The van der Waals surface area contributed by atoms with Crippen LogP contribution in [0.1, 0.15) is 27.7 Å². The zero-order valence-corrected chi connectivity index (χ0v) is 16.3. The van der Waals surface area contributed by atoms with E-state index in [1.807, 2.05) is 0 Å². The van der Waals surface area contributed by atoms with Gasteiger partial charge in [0.25, 0.3) is 5.91 Å². The van der Waals surface area contributed by atoms with E-state index in [0.717, 1.165) is 13.1 Å². The third kappa shape index (κ3) is 3.20. The number of fused-ring (bicyclic) bond motifs is 2. The second kappa shape index (κ2) is 7.66. The maximum Gasteiger partial charge on any atom is 0.290 e. The van der Waals surface area contributed by atoms with Gasteiger partial charge < -0.3 is 14.1 Å². The summed E-state index contributed by atoms with van der Waals surface area (Å²) in [6.45, 7) is 4.03. The van der Waals surface area contributed by atoms with E-state index in [0.29, 0.717) is 48.4 Å². The van der Waals surface area contributed by atoms with Crippen molar-refractivity contribution in [1.29, 1.82) is 0 Å². The minimum atomic E-state index is -0.602. The molecule has 0 saturated carbocycles. The highest BCUT2D eigenvalue weighted by molar-refractivity contribution is 5.99. The maximum atomic E-state index is 13.5. The first kappa shape index (κ1) is 19.0. The minimum absolute atomic E-state index is 0.0787. The van der Waals surface area contributed by atoms with Crippen LogP contribution in [0.3, 0.4) is 0 Å². The molecule has 2 aliphatic rings. The van der Waals surface area contributed by atoms with Crippen LogP contribution in [0, 0.1) is 5.82 Å². The third-order valence-corrected chi connectivity index (χ3v) is 5.82. The van der Waals surface area contributed by atoms with Crippen molar-refractivity contribution in [2.75, 3.05) is 39.4 Å². The third-order valence-electron chi connectivity index (χ3n) is 5.82. The molecule has 2 aromatic carbocycles. The van der Waals surface area contributed by atoms with E-state index >= 15 is 0 Å². The van der Waals surface area contributed by atoms with Crippen molar-refractivity contribution in [2.24, 2.45) is 0 Å². The van der Waals surface area contributed by atoms with Crippen molar-refractivity contribution < 1.29 is 18.3 Å². The molecule has 5 rings (SSSR count). The average molecular weight is 408 g/mol. The van der Waals surface area contributed by atoms with Gasteiger partial charge in [-0.2, -0.15) is 0 Å². The summed E-state index contributed by atoms with van der Waals surface area (Å²) in [4.78, 5) is 30.5. The molecule has 1 amide bonds. The van der Waals surface area contributed by atoms with Gasteiger partial charge in [-0.1, -0.05) is 24.3 Å². The summed E-state index contributed by atoms with van der Waals surface area (Å²) in [6, 6.07) is 12.3. The van der Waals surface area contributed by atoms with Crippen molar-refractivity contribution in [3.8, 4) is 0 Å². The zero-order valence-electron chi connectivity index (χ0n) is 16.3. The first-order valence-corrected chi connectivity index (χ1v) is 10.1. The number of morpholine rings is 1. The molecule has 0 spiro atoms. The van der Waals surface area contributed by atoms with Gasteiger partial charge in [-0.15, -0.1) is 0 Å². The number of nitrogens with zero attached hydrogens (tertiary/aromatic N) is 2. The van der Waals surface area contributed by atoms with Crippen molar-refractivity contribution in [3.63, 3.8) is 0 Å². The summed E-state index contributed by atoms with van der Waals surface area (Å²) in [5.74, 6) is -0.598. The van der Waals surface area contributed by atoms with E-state index in [1.54, 1.807) is 41.3 Å². The van der Waals surface area contributed by atoms with Crippen LogP contribution >= 0.6 is 0 Å². The molecule has 154 valence electrons. The summed E-state index contributed by atoms with van der Waals surface area (Å²) in [7, 11) is 0. The van der Waals surface area contributed by atoms with Crippen LogP contribution in [0.4, 0.5) is 4.39 Å². The number of halogens is 1. The second-order valence-corrected chi connectivity index (χ2v) is 7.58. The lowest BCUT2D eigenvalue weighted by Crippen LogP contribution is -2.42. The van der Waals surface area contributed by atoms with E-state index in [1.165, 1.54) is 12.1 Å². The van der Waals surface area contributed by atoms with Gasteiger partial charge in [0.05, 0.1) is 30.2 Å². The number of ether oxygens (including phenoxy) is 1. The molecule has 1 saturated heterocycles. The highest BCUT2D eigenvalue weighted by Gasteiger charge is 2.42. The summed E-state index contributed by atoms with van der Waals surface area (Å²) in [6.07, 6.45) is 0. The van der Waals surface area contributed by atoms with E-state index in [2.05, 4.69) is 4.90 Å². The molecule has 1 fully saturated rings. The number of carbonyl (C=O) groups excluding carboxylic acids is 1. The van der Waals surface area contributed by atoms with E-state index in [-0.39, 0.29) is 22.9 Å². The summed E-state index contributed by atoms with van der Waals surface area (Å²) < 4.78 is 24.8. The standard InChI is InChI=1S/C23H21FN2O4/c24-16-7-5-15(6-8-16)20-19-21(27)17-3-1-2-4-18(17)30-22(19)23(28)26(20)10-9-25-11-13-29-14-12-25/h1-8,20H,9-14H2/t20-/m1/s1. The van der Waals surface area contributed by atoms with Gasteiger partial charge in [-0.05, 0) is 29.8 Å². The SMILES string of the molecule is O=C1c2oc3ccccc3c(=O)c2[C@@H](c2ccc(F)cc2)N1CCN1CCOCC1. The Morgan fingerprint density at radius 3 is 2.47 bits per heavy atom. The van der Waals surface area contributed by atoms with Crippen molar-refractivity contribution >= 4 is 16.9 Å². The van der Waals surface area contributed by atoms with Crippen molar-refractivity contribution in [3.05, 3.63) is 81.5 Å². The molecular formula is C23H21FN2O4. The molecule has 30 heavy (non-hydrogen) atoms. The van der Waals surface area contributed by atoms with Crippen LogP contribution in [-0.2, 0) is 4.74 Å². The highest BCUT2D eigenvalue weighted by Crippen LogP contribution is 2.38. The lowest BCUT2D eigenvalue weighted by molar-refractivity contribution is 0.0314. The average Bonchev–Trinajstić information content (AvgIpc) is 3.06. The molecule has 0 unspecified atom stereocenters. The quantitative estimate of drug-likeness (QED) is 0.664. The van der Waals surface area contributed by atoms with Crippen LogP contribution in [0.2, 0.25) is 0 Å². The number of benzene rings is 2. The van der Waals surface area contributed by atoms with E-state index < -0.39 is 6.04 Å². The molecule has 3 aromatic rings. The Morgan fingerprint density at radius 2 is 1.70 bits per heavy atom. The highest BCUT2D eigenvalue weighted by atomic mass is 19.1. The Morgan fingerprint density at radius 1 is 0.967 bits per heavy atom. The number of hydrogen-bond donors (Lipinski definition) is 0. The fraction of sp³-hybridized carbons (Fsp3) is 0.304. The molecule has 7 heteroatoms. The van der Waals surface area contributed by atoms with Gasteiger partial charge in [0.1, 0.15) is 11.4 Å². The maximum absolute atomic E-state index is 13.5. The number of hydrogen-bond acceptors (Lipinski definition) is 5. The van der Waals surface area contributed by atoms with Gasteiger partial charge in [0, 0.05) is 26.2 Å². The Bertz CT molecular complexity index is 1150. The smallest absolute Gasteiger partial charge is 0.290 e. The largest absolute Gasteiger partial charge is 0.450 e. The molecule has 2 aliphatic heterocycles. The van der Waals surface area contributed by atoms with Crippen LogP contribution < -0.4 is 5.43 Å². The van der Waals surface area contributed by atoms with Crippen molar-refractivity contribution in [1.82, 2.24) is 9.80 Å². The molecule has 1 aromatic heterocycles. The normalized spacial score (nSPS) is 19.4. The fourth-order valence-electron chi connectivity index (χ4n) is 4.26. The fourth-order valence-corrected chi connectivity index (χ4v) is 4.26. The number of carbonyl (C=O) groups is 1. The first-order chi connectivity index (χ1) is 14.6. The van der Waals surface area contributed by atoms with Crippen LogP contribution in [-0.4, -0.2) is 55.1 Å². The van der Waals surface area contributed by atoms with Gasteiger partial charge in [0.15, 0.2) is 5.43 Å². The topological polar surface area (TPSA) is 63.0 Å². The van der Waals surface area contributed by atoms with Crippen LogP contribution in [0.15, 0.2) is 57.7 Å². The molecule has 0 bridgehead atoms. The second-order valence-electron chi connectivity index (χ2n) is 7.58. The minimum Gasteiger partial charge on any atom is -0.450 e. The Hall–Kier alpha value is -3.03. The van der Waals surface area contributed by atoms with Gasteiger partial charge in [0.2, 0.25) is 5.76 Å². The van der Waals surface area contributed by atoms with Crippen molar-refractivity contribution in [2.45, 2.75) is 6.04 Å². The Labute approximate surface area is 172 Å². The lowest BCUT2D eigenvalue weighted by atomic mass is 9.98. The van der Waals surface area contributed by atoms with E-state index in [9.17, 15) is 14.0 Å². The summed E-state index contributed by atoms with van der Waals surface area (Å²) in [5, 5.41) is 0.436. The van der Waals surface area contributed by atoms with Crippen LogP contribution in [0.5, 0.6) is 0 Å². The van der Waals surface area contributed by atoms with E-state index in [4.69, 9.17) is 9.15 Å². The molecule has 0 N–H and O–H groups in total. The number of rotatable bonds is 4. The molecule has 6 nitrogen and oxygen atoms in total. The molecule has 3 heterocycles. The van der Waals surface area contributed by atoms with Crippen LogP contribution in [0.25, 0.3) is 11.0 Å². The first-order valence-electron chi connectivity index (χ1n) is 10.1. The molecule has 0 aliphatic carbocycles. The molecular weight excluding hydrogens is 387 g/mol. The Balaban J connectivity index is 1.59. The molecule has 0 radical (unpaired) electrons. The Kier molecular flexibility index (Phi) is 4.84. The van der Waals surface area contributed by atoms with Gasteiger partial charge >= 0.3 is 0 Å². The summed E-state index contributed by atoms with van der Waals surface area (Å²) in [5.41, 5.74) is 1.19. The molecule has 1 atom stereocenters. The lowest BCUT2D eigenvalue weighted by Gasteiger charge is -2.31. The number of amides is 1. The monoisotopic (exact) mass is 408 g/mol. The summed E-state index contributed by atoms with van der Waals surface area (Å²) >= 11 is 0. The van der Waals surface area contributed by atoms with Gasteiger partial charge in [-0.25, -0.2) is 4.39 Å². The predicted molar refractivity (Wildman–Crippen MR) is 109 cm³/mol. The number of para-hydroxylation sites is 1.